The average molecular weight is 239 g/mol. The van der Waals surface area contributed by atoms with Crippen molar-refractivity contribution in [2.24, 2.45) is 16.3 Å². The Morgan fingerprint density at radius 2 is 1.71 bits per heavy atom. The number of hydrogen-bond acceptors (Lipinski definition) is 3. The van der Waals surface area contributed by atoms with Gasteiger partial charge in [-0.05, 0) is 44.2 Å². The molecule has 1 aliphatic carbocycles. The van der Waals surface area contributed by atoms with E-state index < -0.39 is 0 Å². The molecule has 3 N–H and O–H groups in total. The lowest BCUT2D eigenvalue weighted by Crippen LogP contribution is -2.35. The van der Waals surface area contributed by atoms with E-state index in [2.05, 4.69) is 10.1 Å². The van der Waals surface area contributed by atoms with Crippen LogP contribution in [-0.4, -0.2) is 35.6 Å². The number of amidine groups is 1. The van der Waals surface area contributed by atoms with Crippen LogP contribution in [0.5, 0.6) is 0 Å². The van der Waals surface area contributed by atoms with Crippen molar-refractivity contribution in [2.75, 3.05) is 19.6 Å². The summed E-state index contributed by atoms with van der Waals surface area (Å²) in [6.07, 6.45) is 10.1. The predicted octanol–water partition coefficient (Wildman–Crippen LogP) is 2.17. The maximum Gasteiger partial charge on any atom is 0.139 e. The van der Waals surface area contributed by atoms with E-state index in [0.717, 1.165) is 13.0 Å². The van der Waals surface area contributed by atoms with Crippen molar-refractivity contribution < 1.29 is 5.21 Å². The molecular weight excluding hydrogens is 214 g/mol. The smallest absolute Gasteiger partial charge is 0.139 e. The lowest BCUT2D eigenvalue weighted by molar-refractivity contribution is 0.203. The van der Waals surface area contributed by atoms with E-state index in [9.17, 15) is 0 Å². The molecule has 2 aliphatic rings. The molecule has 0 unspecified atom stereocenters. The highest BCUT2D eigenvalue weighted by molar-refractivity contribution is 5.80. The van der Waals surface area contributed by atoms with E-state index in [1.165, 1.54) is 58.0 Å². The van der Waals surface area contributed by atoms with Gasteiger partial charge in [-0.3, -0.25) is 0 Å². The number of likely N-dealkylation sites (tertiary alicyclic amines) is 1. The van der Waals surface area contributed by atoms with Gasteiger partial charge in [0.15, 0.2) is 0 Å². The average Bonchev–Trinajstić information content (AvgIpc) is 3.02. The zero-order valence-electron chi connectivity index (χ0n) is 10.7. The molecule has 1 heterocycles. The van der Waals surface area contributed by atoms with Gasteiger partial charge in [0.1, 0.15) is 5.84 Å². The standard InChI is InChI=1S/C13H25N3O/c14-12(15-17)10-13(6-7-13)11-16-8-4-2-1-3-5-9-16/h17H,1-11H2,(H2,14,15). The normalized spacial score (nSPS) is 26.2. The van der Waals surface area contributed by atoms with Gasteiger partial charge in [0.05, 0.1) is 0 Å². The van der Waals surface area contributed by atoms with Crippen LogP contribution in [0.1, 0.15) is 51.4 Å². The fourth-order valence-electron chi connectivity index (χ4n) is 2.93. The maximum absolute atomic E-state index is 8.66. The Morgan fingerprint density at radius 1 is 1.12 bits per heavy atom. The minimum Gasteiger partial charge on any atom is -0.409 e. The van der Waals surface area contributed by atoms with Crippen molar-refractivity contribution in [3.05, 3.63) is 0 Å². The van der Waals surface area contributed by atoms with Crippen LogP contribution in [0.15, 0.2) is 5.16 Å². The summed E-state index contributed by atoms with van der Waals surface area (Å²) in [5, 5.41) is 11.8. The first-order valence-corrected chi connectivity index (χ1v) is 6.93. The lowest BCUT2D eigenvalue weighted by atomic mass is 9.99. The second-order valence-electron chi connectivity index (χ2n) is 5.81. The molecule has 0 aromatic rings. The first-order valence-electron chi connectivity index (χ1n) is 6.93. The Balaban J connectivity index is 1.82. The molecule has 1 saturated heterocycles. The minimum absolute atomic E-state index is 0.329. The number of nitrogens with zero attached hydrogens (tertiary/aromatic N) is 2. The highest BCUT2D eigenvalue weighted by atomic mass is 16.4. The molecule has 1 saturated carbocycles. The minimum atomic E-state index is 0.329. The maximum atomic E-state index is 8.66. The number of rotatable bonds is 4. The van der Waals surface area contributed by atoms with Gasteiger partial charge in [-0.2, -0.15) is 0 Å². The largest absolute Gasteiger partial charge is 0.409 e. The molecule has 4 nitrogen and oxygen atoms in total. The Morgan fingerprint density at radius 3 is 2.24 bits per heavy atom. The third-order valence-electron chi connectivity index (χ3n) is 4.15. The summed E-state index contributed by atoms with van der Waals surface area (Å²) in [7, 11) is 0. The van der Waals surface area contributed by atoms with Crippen LogP contribution < -0.4 is 5.73 Å². The SMILES string of the molecule is NC(CC1(CN2CCCCCCC2)CC1)=NO. The summed E-state index contributed by atoms with van der Waals surface area (Å²) >= 11 is 0. The Kier molecular flexibility index (Phi) is 4.26. The van der Waals surface area contributed by atoms with Gasteiger partial charge >= 0.3 is 0 Å². The third-order valence-corrected chi connectivity index (χ3v) is 4.15. The van der Waals surface area contributed by atoms with Crippen LogP contribution in [0.25, 0.3) is 0 Å². The number of oxime groups is 1. The summed E-state index contributed by atoms with van der Waals surface area (Å²) in [5.41, 5.74) is 5.97. The summed E-state index contributed by atoms with van der Waals surface area (Å²) in [4.78, 5) is 2.59. The van der Waals surface area contributed by atoms with Crippen molar-refractivity contribution in [2.45, 2.75) is 51.4 Å². The van der Waals surface area contributed by atoms with Crippen LogP contribution in [0.2, 0.25) is 0 Å². The Hall–Kier alpha value is -0.770. The molecule has 0 aromatic carbocycles. The van der Waals surface area contributed by atoms with E-state index in [0.29, 0.717) is 11.3 Å². The zero-order valence-corrected chi connectivity index (χ0v) is 10.7. The quantitative estimate of drug-likeness (QED) is 0.342. The van der Waals surface area contributed by atoms with Gasteiger partial charge in [0.25, 0.3) is 0 Å². The summed E-state index contributed by atoms with van der Waals surface area (Å²) in [6.45, 7) is 3.61. The fourth-order valence-corrected chi connectivity index (χ4v) is 2.93. The molecule has 0 aromatic heterocycles. The van der Waals surface area contributed by atoms with Crippen LogP contribution in [0.3, 0.4) is 0 Å². The molecule has 17 heavy (non-hydrogen) atoms. The first-order chi connectivity index (χ1) is 8.24. The van der Waals surface area contributed by atoms with E-state index >= 15 is 0 Å². The summed E-state index contributed by atoms with van der Waals surface area (Å²) in [5.74, 6) is 0.398. The molecule has 0 spiro atoms. The molecule has 4 heteroatoms. The highest BCUT2D eigenvalue weighted by Crippen LogP contribution is 2.49. The molecule has 1 aliphatic heterocycles. The molecule has 0 radical (unpaired) electrons. The van der Waals surface area contributed by atoms with Crippen molar-refractivity contribution >= 4 is 5.84 Å². The van der Waals surface area contributed by atoms with Crippen molar-refractivity contribution in [1.29, 1.82) is 0 Å². The molecule has 0 atom stereocenters. The highest BCUT2D eigenvalue weighted by Gasteiger charge is 2.44. The van der Waals surface area contributed by atoms with E-state index in [1.807, 2.05) is 0 Å². The van der Waals surface area contributed by atoms with E-state index in [1.54, 1.807) is 0 Å². The van der Waals surface area contributed by atoms with Gasteiger partial charge in [0, 0.05) is 13.0 Å². The molecule has 2 rings (SSSR count). The Labute approximate surface area is 104 Å². The van der Waals surface area contributed by atoms with Crippen molar-refractivity contribution in [1.82, 2.24) is 4.90 Å². The molecule has 2 fully saturated rings. The fraction of sp³-hybridized carbons (Fsp3) is 0.923. The molecule has 98 valence electrons. The Bertz CT molecular complexity index is 266. The summed E-state index contributed by atoms with van der Waals surface area (Å²) < 4.78 is 0. The third kappa shape index (κ3) is 3.87. The van der Waals surface area contributed by atoms with E-state index in [4.69, 9.17) is 10.9 Å². The van der Waals surface area contributed by atoms with Crippen molar-refractivity contribution in [3.8, 4) is 0 Å². The van der Waals surface area contributed by atoms with Gasteiger partial charge in [-0.1, -0.05) is 24.4 Å². The van der Waals surface area contributed by atoms with Crippen LogP contribution in [0.4, 0.5) is 0 Å². The topological polar surface area (TPSA) is 61.8 Å². The van der Waals surface area contributed by atoms with Crippen LogP contribution in [0, 0.1) is 5.41 Å². The second kappa shape index (κ2) is 5.71. The number of nitrogens with two attached hydrogens (primary N) is 1. The van der Waals surface area contributed by atoms with Crippen molar-refractivity contribution in [3.63, 3.8) is 0 Å². The van der Waals surface area contributed by atoms with E-state index in [-0.39, 0.29) is 0 Å². The monoisotopic (exact) mass is 239 g/mol. The molecule has 0 bridgehead atoms. The van der Waals surface area contributed by atoms with Crippen LogP contribution in [-0.2, 0) is 0 Å². The van der Waals surface area contributed by atoms with Gasteiger partial charge in [0.2, 0.25) is 0 Å². The van der Waals surface area contributed by atoms with Crippen LogP contribution >= 0.6 is 0 Å². The summed E-state index contributed by atoms with van der Waals surface area (Å²) in [6, 6.07) is 0. The number of hydrogen-bond donors (Lipinski definition) is 2. The first kappa shape index (κ1) is 12.7. The van der Waals surface area contributed by atoms with Gasteiger partial charge in [-0.15, -0.1) is 0 Å². The van der Waals surface area contributed by atoms with Gasteiger partial charge in [-0.25, -0.2) is 0 Å². The molecule has 0 amide bonds. The predicted molar refractivity (Wildman–Crippen MR) is 69.2 cm³/mol. The zero-order chi connectivity index (χ0) is 12.1. The molecular formula is C13H25N3O. The lowest BCUT2D eigenvalue weighted by Gasteiger charge is -2.28. The second-order valence-corrected chi connectivity index (χ2v) is 5.81. The van der Waals surface area contributed by atoms with Gasteiger partial charge < -0.3 is 15.8 Å².